The molecule has 0 aliphatic carbocycles. The summed E-state index contributed by atoms with van der Waals surface area (Å²) in [6.07, 6.45) is 4.34. The highest BCUT2D eigenvalue weighted by Gasteiger charge is 2.09. The van der Waals surface area contributed by atoms with Crippen molar-refractivity contribution in [3.05, 3.63) is 30.1 Å². The van der Waals surface area contributed by atoms with Crippen LogP contribution in [0.5, 0.6) is 0 Å². The fourth-order valence-corrected chi connectivity index (χ4v) is 2.20. The monoisotopic (exact) mass is 260 g/mol. The largest absolute Gasteiger partial charge is 0.356 e. The van der Waals surface area contributed by atoms with E-state index < -0.39 is 0 Å². The molecule has 2 rings (SSSR count). The van der Waals surface area contributed by atoms with E-state index in [0.29, 0.717) is 19.5 Å². The lowest BCUT2D eigenvalue weighted by Gasteiger charge is -2.04. The molecule has 1 amide bonds. The zero-order valence-electron chi connectivity index (χ0n) is 11.4. The number of aromatic nitrogens is 2. The van der Waals surface area contributed by atoms with E-state index >= 15 is 0 Å². The highest BCUT2D eigenvalue weighted by Crippen LogP contribution is 2.19. The van der Waals surface area contributed by atoms with E-state index in [-0.39, 0.29) is 5.91 Å². The summed E-state index contributed by atoms with van der Waals surface area (Å²) in [6, 6.07) is 4.01. The third-order valence-electron chi connectivity index (χ3n) is 3.04. The minimum Gasteiger partial charge on any atom is -0.356 e. The van der Waals surface area contributed by atoms with Gasteiger partial charge in [-0.05, 0) is 31.7 Å². The second kappa shape index (κ2) is 6.33. The van der Waals surface area contributed by atoms with Crippen molar-refractivity contribution in [3.63, 3.8) is 0 Å². The Hall–Kier alpha value is -1.88. The van der Waals surface area contributed by atoms with E-state index in [1.54, 1.807) is 6.20 Å². The average molecular weight is 260 g/mol. The standard InChI is InChI=1S/C14H20N4O/c1-3-16-13(19)6-8-18-10-11(9-15-2)12-5-4-7-17-14(12)18/h4-5,7,10,15H,3,6,8-9H2,1-2H3,(H,16,19). The van der Waals surface area contributed by atoms with Gasteiger partial charge in [0.05, 0.1) is 0 Å². The molecular formula is C14H20N4O. The highest BCUT2D eigenvalue weighted by atomic mass is 16.1. The first kappa shape index (κ1) is 13.5. The Morgan fingerprint density at radius 2 is 2.32 bits per heavy atom. The number of carbonyl (C=O) groups excluding carboxylic acids is 1. The van der Waals surface area contributed by atoms with Crippen molar-refractivity contribution < 1.29 is 4.79 Å². The molecule has 0 aromatic carbocycles. The Bertz CT molecular complexity index is 562. The molecular weight excluding hydrogens is 240 g/mol. The molecule has 0 spiro atoms. The van der Waals surface area contributed by atoms with Gasteiger partial charge in [-0.1, -0.05) is 0 Å². The van der Waals surface area contributed by atoms with E-state index in [9.17, 15) is 4.79 Å². The van der Waals surface area contributed by atoms with Gasteiger partial charge in [0.1, 0.15) is 5.65 Å². The molecule has 5 heteroatoms. The van der Waals surface area contributed by atoms with E-state index in [1.165, 1.54) is 5.56 Å². The maximum atomic E-state index is 11.5. The topological polar surface area (TPSA) is 59.0 Å². The lowest BCUT2D eigenvalue weighted by Crippen LogP contribution is -2.23. The number of amides is 1. The summed E-state index contributed by atoms with van der Waals surface area (Å²) in [5.41, 5.74) is 2.15. The Kier molecular flexibility index (Phi) is 4.52. The second-order valence-electron chi connectivity index (χ2n) is 4.46. The predicted molar refractivity (Wildman–Crippen MR) is 75.8 cm³/mol. The fourth-order valence-electron chi connectivity index (χ4n) is 2.20. The maximum Gasteiger partial charge on any atom is 0.221 e. The number of nitrogens with one attached hydrogen (secondary N) is 2. The van der Waals surface area contributed by atoms with Crippen LogP contribution >= 0.6 is 0 Å². The summed E-state index contributed by atoms with van der Waals surface area (Å²) in [5.74, 6) is 0.0791. The van der Waals surface area contributed by atoms with Crippen molar-refractivity contribution in [1.82, 2.24) is 20.2 Å². The maximum absolute atomic E-state index is 11.5. The molecule has 5 nitrogen and oxygen atoms in total. The molecule has 0 atom stereocenters. The van der Waals surface area contributed by atoms with Crippen LogP contribution in [0, 0.1) is 0 Å². The number of rotatable bonds is 6. The van der Waals surface area contributed by atoms with E-state index in [4.69, 9.17) is 0 Å². The van der Waals surface area contributed by atoms with Gasteiger partial charge in [-0.3, -0.25) is 4.79 Å². The van der Waals surface area contributed by atoms with Crippen molar-refractivity contribution in [3.8, 4) is 0 Å². The first-order valence-corrected chi connectivity index (χ1v) is 6.60. The molecule has 0 bridgehead atoms. The molecule has 0 radical (unpaired) electrons. The quantitative estimate of drug-likeness (QED) is 0.822. The lowest BCUT2D eigenvalue weighted by atomic mass is 10.2. The van der Waals surface area contributed by atoms with E-state index in [0.717, 1.165) is 17.6 Å². The molecule has 2 aromatic heterocycles. The highest BCUT2D eigenvalue weighted by molar-refractivity contribution is 5.81. The van der Waals surface area contributed by atoms with Crippen LogP contribution in [0.15, 0.2) is 24.5 Å². The molecule has 2 N–H and O–H groups in total. The zero-order valence-corrected chi connectivity index (χ0v) is 11.4. The third-order valence-corrected chi connectivity index (χ3v) is 3.04. The van der Waals surface area contributed by atoms with Gasteiger partial charge in [0.15, 0.2) is 0 Å². The normalized spacial score (nSPS) is 10.8. The number of hydrogen-bond donors (Lipinski definition) is 2. The Morgan fingerprint density at radius 1 is 1.47 bits per heavy atom. The number of nitrogens with zero attached hydrogens (tertiary/aromatic N) is 2. The summed E-state index contributed by atoms with van der Waals surface area (Å²) in [4.78, 5) is 15.9. The van der Waals surface area contributed by atoms with Crippen molar-refractivity contribution in [1.29, 1.82) is 0 Å². The molecule has 19 heavy (non-hydrogen) atoms. The van der Waals surface area contributed by atoms with Crippen molar-refractivity contribution >= 4 is 16.9 Å². The number of hydrogen-bond acceptors (Lipinski definition) is 3. The van der Waals surface area contributed by atoms with Gasteiger partial charge in [-0.25, -0.2) is 4.98 Å². The Labute approximate surface area is 113 Å². The Balaban J connectivity index is 2.20. The molecule has 0 aliphatic rings. The van der Waals surface area contributed by atoms with Gasteiger partial charge in [-0.2, -0.15) is 0 Å². The van der Waals surface area contributed by atoms with E-state index in [2.05, 4.69) is 32.4 Å². The van der Waals surface area contributed by atoms with Crippen molar-refractivity contribution in [2.24, 2.45) is 0 Å². The smallest absolute Gasteiger partial charge is 0.221 e. The summed E-state index contributed by atoms with van der Waals surface area (Å²) in [7, 11) is 1.92. The van der Waals surface area contributed by atoms with Crippen LogP contribution < -0.4 is 10.6 Å². The van der Waals surface area contributed by atoms with Gasteiger partial charge in [0, 0.05) is 43.8 Å². The van der Waals surface area contributed by atoms with Crippen molar-refractivity contribution in [2.75, 3.05) is 13.6 Å². The summed E-state index contributed by atoms with van der Waals surface area (Å²) in [6.45, 7) is 4.06. The molecule has 0 aliphatic heterocycles. The van der Waals surface area contributed by atoms with Crippen LogP contribution in [-0.2, 0) is 17.9 Å². The predicted octanol–water partition coefficient (Wildman–Crippen LogP) is 1.28. The minimum atomic E-state index is 0.0791. The number of aryl methyl sites for hydroxylation is 1. The van der Waals surface area contributed by atoms with Crippen LogP contribution in [0.3, 0.4) is 0 Å². The molecule has 2 heterocycles. The third kappa shape index (κ3) is 3.12. The lowest BCUT2D eigenvalue weighted by molar-refractivity contribution is -0.121. The average Bonchev–Trinajstić information content (AvgIpc) is 2.76. The second-order valence-corrected chi connectivity index (χ2v) is 4.46. The van der Waals surface area contributed by atoms with Crippen molar-refractivity contribution in [2.45, 2.75) is 26.4 Å². The minimum absolute atomic E-state index is 0.0791. The number of pyridine rings is 1. The van der Waals surface area contributed by atoms with Gasteiger partial charge in [-0.15, -0.1) is 0 Å². The first-order valence-electron chi connectivity index (χ1n) is 6.60. The van der Waals surface area contributed by atoms with Gasteiger partial charge >= 0.3 is 0 Å². The fraction of sp³-hybridized carbons (Fsp3) is 0.429. The van der Waals surface area contributed by atoms with Crippen LogP contribution in [0.1, 0.15) is 18.9 Å². The zero-order chi connectivity index (χ0) is 13.7. The molecule has 0 saturated carbocycles. The van der Waals surface area contributed by atoms with Gasteiger partial charge < -0.3 is 15.2 Å². The van der Waals surface area contributed by atoms with Crippen LogP contribution in [0.2, 0.25) is 0 Å². The number of fused-ring (bicyclic) bond motifs is 1. The summed E-state index contributed by atoms with van der Waals surface area (Å²) >= 11 is 0. The summed E-state index contributed by atoms with van der Waals surface area (Å²) < 4.78 is 2.05. The van der Waals surface area contributed by atoms with Crippen LogP contribution in [0.25, 0.3) is 11.0 Å². The summed E-state index contributed by atoms with van der Waals surface area (Å²) in [5, 5.41) is 7.11. The first-order chi connectivity index (χ1) is 9.26. The van der Waals surface area contributed by atoms with E-state index in [1.807, 2.05) is 20.0 Å². The molecule has 0 fully saturated rings. The van der Waals surface area contributed by atoms with Gasteiger partial charge in [0.2, 0.25) is 5.91 Å². The van der Waals surface area contributed by atoms with Crippen LogP contribution in [0.4, 0.5) is 0 Å². The Morgan fingerprint density at radius 3 is 3.05 bits per heavy atom. The molecule has 0 saturated heterocycles. The molecule has 2 aromatic rings. The molecule has 102 valence electrons. The SMILES string of the molecule is CCNC(=O)CCn1cc(CNC)c2cccnc21. The molecule has 0 unspecified atom stereocenters. The van der Waals surface area contributed by atoms with Gasteiger partial charge in [0.25, 0.3) is 0 Å². The number of carbonyl (C=O) groups is 1. The van der Waals surface area contributed by atoms with Crippen LogP contribution in [-0.4, -0.2) is 29.1 Å².